The Labute approximate surface area is 91.1 Å². The molecule has 3 nitrogen and oxygen atoms in total. The number of hydrogen-bond acceptors (Lipinski definition) is 3. The average Bonchev–Trinajstić information content (AvgIpc) is 2.09. The second kappa shape index (κ2) is 5.33. The van der Waals surface area contributed by atoms with Crippen molar-refractivity contribution in [1.29, 1.82) is 0 Å². The van der Waals surface area contributed by atoms with Crippen LogP contribution in [0.25, 0.3) is 0 Å². The van der Waals surface area contributed by atoms with Crippen molar-refractivity contribution in [2.75, 3.05) is 18.1 Å². The summed E-state index contributed by atoms with van der Waals surface area (Å²) < 4.78 is 22.3. The fraction of sp³-hybridized carbons (Fsp3) is 1.00. The highest BCUT2D eigenvalue weighted by atomic mass is 35.5. The first kappa shape index (κ1) is 12.3. The molecule has 0 saturated heterocycles. The standard InChI is InChI=1S/C9H18ClNO2S/c1-2-14(12,13)5-3-4-11-9-6-8(10)7-9/h8-9,11H,2-7H2,1H3. The summed E-state index contributed by atoms with van der Waals surface area (Å²) in [6.07, 6.45) is 2.74. The molecule has 84 valence electrons. The van der Waals surface area contributed by atoms with E-state index in [-0.39, 0.29) is 5.75 Å². The van der Waals surface area contributed by atoms with Crippen molar-refractivity contribution in [2.45, 2.75) is 37.6 Å². The van der Waals surface area contributed by atoms with E-state index < -0.39 is 9.84 Å². The number of nitrogens with one attached hydrogen (secondary N) is 1. The fourth-order valence-electron chi connectivity index (χ4n) is 1.46. The van der Waals surface area contributed by atoms with Gasteiger partial charge in [0.25, 0.3) is 0 Å². The van der Waals surface area contributed by atoms with Gasteiger partial charge in [-0.15, -0.1) is 11.6 Å². The van der Waals surface area contributed by atoms with E-state index in [2.05, 4.69) is 5.32 Å². The van der Waals surface area contributed by atoms with E-state index in [1.165, 1.54) is 0 Å². The van der Waals surface area contributed by atoms with Gasteiger partial charge in [-0.3, -0.25) is 0 Å². The zero-order valence-corrected chi connectivity index (χ0v) is 10.1. The Kier molecular flexibility index (Phi) is 4.67. The minimum atomic E-state index is -2.78. The van der Waals surface area contributed by atoms with Crippen LogP contribution in [-0.4, -0.2) is 37.9 Å². The zero-order valence-electron chi connectivity index (χ0n) is 8.50. The molecule has 0 aromatic rings. The van der Waals surface area contributed by atoms with E-state index >= 15 is 0 Å². The molecular formula is C9H18ClNO2S. The third-order valence-electron chi connectivity index (χ3n) is 2.59. The third kappa shape index (κ3) is 4.15. The van der Waals surface area contributed by atoms with Gasteiger partial charge in [0.05, 0.1) is 5.75 Å². The molecule has 1 saturated carbocycles. The highest BCUT2D eigenvalue weighted by molar-refractivity contribution is 7.91. The van der Waals surface area contributed by atoms with Gasteiger partial charge in [0.2, 0.25) is 0 Å². The maximum absolute atomic E-state index is 11.1. The van der Waals surface area contributed by atoms with Crippen LogP contribution in [0.2, 0.25) is 0 Å². The second-order valence-corrected chi connectivity index (χ2v) is 6.90. The van der Waals surface area contributed by atoms with Gasteiger partial charge in [0, 0.05) is 17.2 Å². The molecular weight excluding hydrogens is 222 g/mol. The molecule has 1 aliphatic carbocycles. The first-order valence-corrected chi connectivity index (χ1v) is 7.37. The van der Waals surface area contributed by atoms with E-state index in [0.717, 1.165) is 19.4 Å². The van der Waals surface area contributed by atoms with Crippen LogP contribution in [0.3, 0.4) is 0 Å². The lowest BCUT2D eigenvalue weighted by Gasteiger charge is -2.31. The van der Waals surface area contributed by atoms with Crippen LogP contribution in [0, 0.1) is 0 Å². The molecule has 0 unspecified atom stereocenters. The predicted molar refractivity (Wildman–Crippen MR) is 59.6 cm³/mol. The Hall–Kier alpha value is 0.200. The van der Waals surface area contributed by atoms with Crippen LogP contribution in [0.4, 0.5) is 0 Å². The zero-order chi connectivity index (χ0) is 10.6. The van der Waals surface area contributed by atoms with Gasteiger partial charge in [-0.25, -0.2) is 8.42 Å². The first-order valence-electron chi connectivity index (χ1n) is 5.11. The second-order valence-electron chi connectivity index (χ2n) is 3.81. The highest BCUT2D eigenvalue weighted by Crippen LogP contribution is 2.24. The van der Waals surface area contributed by atoms with Crippen molar-refractivity contribution in [2.24, 2.45) is 0 Å². The maximum atomic E-state index is 11.1. The highest BCUT2D eigenvalue weighted by Gasteiger charge is 2.26. The van der Waals surface area contributed by atoms with E-state index in [4.69, 9.17) is 11.6 Å². The molecule has 0 aromatic heterocycles. The summed E-state index contributed by atoms with van der Waals surface area (Å²) in [5.41, 5.74) is 0. The summed E-state index contributed by atoms with van der Waals surface area (Å²) in [6.45, 7) is 2.47. The Bertz CT molecular complexity index is 260. The molecule has 1 fully saturated rings. The maximum Gasteiger partial charge on any atom is 0.150 e. The molecule has 5 heteroatoms. The van der Waals surface area contributed by atoms with Crippen molar-refractivity contribution in [1.82, 2.24) is 5.32 Å². The van der Waals surface area contributed by atoms with Crippen LogP contribution in [0.15, 0.2) is 0 Å². The third-order valence-corrected chi connectivity index (χ3v) is 4.73. The average molecular weight is 240 g/mol. The summed E-state index contributed by atoms with van der Waals surface area (Å²) in [6, 6.07) is 0.516. The lowest BCUT2D eigenvalue weighted by molar-refractivity contribution is 0.348. The van der Waals surface area contributed by atoms with Crippen molar-refractivity contribution in [3.63, 3.8) is 0 Å². The van der Waals surface area contributed by atoms with Gasteiger partial charge in [-0.1, -0.05) is 6.92 Å². The molecule has 0 spiro atoms. The fourth-order valence-corrected chi connectivity index (χ4v) is 2.76. The molecule has 0 aliphatic heterocycles. The quantitative estimate of drug-likeness (QED) is 0.559. The van der Waals surface area contributed by atoms with E-state index in [0.29, 0.717) is 23.6 Å². The SMILES string of the molecule is CCS(=O)(=O)CCCNC1CC(Cl)C1. The minimum absolute atomic E-state index is 0.250. The van der Waals surface area contributed by atoms with Crippen LogP contribution >= 0.6 is 11.6 Å². The molecule has 1 rings (SSSR count). The van der Waals surface area contributed by atoms with Crippen molar-refractivity contribution >= 4 is 21.4 Å². The molecule has 0 atom stereocenters. The van der Waals surface area contributed by atoms with Crippen molar-refractivity contribution in [3.05, 3.63) is 0 Å². The van der Waals surface area contributed by atoms with Crippen LogP contribution in [0.1, 0.15) is 26.2 Å². The van der Waals surface area contributed by atoms with Gasteiger partial charge >= 0.3 is 0 Å². The van der Waals surface area contributed by atoms with Crippen molar-refractivity contribution in [3.8, 4) is 0 Å². The largest absolute Gasteiger partial charge is 0.314 e. The molecule has 1 aliphatic rings. The van der Waals surface area contributed by atoms with Gasteiger partial charge in [-0.2, -0.15) is 0 Å². The number of sulfone groups is 1. The Morgan fingerprint density at radius 1 is 1.43 bits per heavy atom. The number of hydrogen-bond donors (Lipinski definition) is 1. The Morgan fingerprint density at radius 2 is 2.07 bits per heavy atom. The van der Waals surface area contributed by atoms with Gasteiger partial charge in [0.15, 0.2) is 0 Å². The van der Waals surface area contributed by atoms with Crippen LogP contribution in [-0.2, 0) is 9.84 Å². The van der Waals surface area contributed by atoms with Gasteiger partial charge in [0.1, 0.15) is 9.84 Å². The smallest absolute Gasteiger partial charge is 0.150 e. The number of halogens is 1. The van der Waals surface area contributed by atoms with Crippen molar-refractivity contribution < 1.29 is 8.42 Å². The molecule has 0 aromatic carbocycles. The summed E-state index contributed by atoms with van der Waals surface area (Å²) in [5, 5.41) is 3.62. The number of rotatable bonds is 6. The Morgan fingerprint density at radius 3 is 2.57 bits per heavy atom. The molecule has 0 bridgehead atoms. The lowest BCUT2D eigenvalue weighted by atomic mass is 9.92. The topological polar surface area (TPSA) is 46.2 Å². The molecule has 0 radical (unpaired) electrons. The lowest BCUT2D eigenvalue weighted by Crippen LogP contribution is -2.42. The van der Waals surface area contributed by atoms with Gasteiger partial charge < -0.3 is 5.32 Å². The predicted octanol–water partition coefficient (Wildman–Crippen LogP) is 1.17. The van der Waals surface area contributed by atoms with Crippen LogP contribution in [0.5, 0.6) is 0 Å². The minimum Gasteiger partial charge on any atom is -0.314 e. The molecule has 1 N–H and O–H groups in total. The first-order chi connectivity index (χ1) is 6.53. The monoisotopic (exact) mass is 239 g/mol. The summed E-state index contributed by atoms with van der Waals surface area (Å²) >= 11 is 5.82. The van der Waals surface area contributed by atoms with E-state index in [9.17, 15) is 8.42 Å². The van der Waals surface area contributed by atoms with Crippen LogP contribution < -0.4 is 5.32 Å². The molecule has 0 heterocycles. The number of alkyl halides is 1. The van der Waals surface area contributed by atoms with E-state index in [1.807, 2.05) is 0 Å². The summed E-state index contributed by atoms with van der Waals surface area (Å²) in [5.74, 6) is 0.549. The normalized spacial score (nSPS) is 27.3. The summed E-state index contributed by atoms with van der Waals surface area (Å²) in [4.78, 5) is 0. The summed E-state index contributed by atoms with van der Waals surface area (Å²) in [7, 11) is -2.78. The molecule has 0 amide bonds. The Balaban J connectivity index is 2.00. The van der Waals surface area contributed by atoms with Gasteiger partial charge in [-0.05, 0) is 25.8 Å². The van der Waals surface area contributed by atoms with E-state index in [1.54, 1.807) is 6.92 Å². The molecule has 14 heavy (non-hydrogen) atoms.